The molecule has 0 fully saturated rings. The summed E-state index contributed by atoms with van der Waals surface area (Å²) in [4.78, 5) is 4.76. The van der Waals surface area contributed by atoms with E-state index >= 15 is 0 Å². The largest absolute Gasteiger partial charge is 0.310 e. The first-order valence-corrected chi connectivity index (χ1v) is 17.1. The Balaban J connectivity index is 1.23. The summed E-state index contributed by atoms with van der Waals surface area (Å²) in [5.41, 5.74) is 6.92. The van der Waals surface area contributed by atoms with Gasteiger partial charge in [-0.1, -0.05) is 91.0 Å². The molecular formula is C42H28N2S2. The Morgan fingerprint density at radius 3 is 1.57 bits per heavy atom. The van der Waals surface area contributed by atoms with Crippen molar-refractivity contribution in [3.8, 4) is 0 Å². The van der Waals surface area contributed by atoms with E-state index in [9.17, 15) is 0 Å². The molecule has 2 heterocycles. The van der Waals surface area contributed by atoms with Gasteiger partial charge in [0.1, 0.15) is 0 Å². The van der Waals surface area contributed by atoms with Crippen molar-refractivity contribution >= 4 is 97.1 Å². The van der Waals surface area contributed by atoms with E-state index in [0.29, 0.717) is 0 Å². The summed E-state index contributed by atoms with van der Waals surface area (Å²) in [6.45, 7) is 0. The van der Waals surface area contributed by atoms with Gasteiger partial charge in [0, 0.05) is 64.1 Å². The fourth-order valence-corrected chi connectivity index (χ4v) is 8.87. The molecule has 0 amide bonds. The van der Waals surface area contributed by atoms with Crippen LogP contribution in [0.25, 0.3) is 40.3 Å². The molecule has 2 aromatic heterocycles. The van der Waals surface area contributed by atoms with Crippen molar-refractivity contribution in [2.75, 3.05) is 9.80 Å². The lowest BCUT2D eigenvalue weighted by Gasteiger charge is -2.26. The van der Waals surface area contributed by atoms with E-state index in [0.717, 1.165) is 28.4 Å². The van der Waals surface area contributed by atoms with E-state index in [1.807, 2.05) is 22.7 Å². The number of fused-ring (bicyclic) bond motifs is 6. The number of benzene rings is 7. The van der Waals surface area contributed by atoms with Crippen LogP contribution in [0, 0.1) is 0 Å². The van der Waals surface area contributed by atoms with Crippen LogP contribution in [-0.2, 0) is 0 Å². The van der Waals surface area contributed by atoms with Crippen LogP contribution in [-0.4, -0.2) is 0 Å². The molecule has 46 heavy (non-hydrogen) atoms. The van der Waals surface area contributed by atoms with Crippen LogP contribution < -0.4 is 9.80 Å². The predicted octanol–water partition coefficient (Wildman–Crippen LogP) is 13.4. The number of hydrogen-bond acceptors (Lipinski definition) is 4. The molecule has 0 bridgehead atoms. The van der Waals surface area contributed by atoms with Crippen LogP contribution >= 0.6 is 22.7 Å². The van der Waals surface area contributed by atoms with E-state index in [4.69, 9.17) is 0 Å². The Morgan fingerprint density at radius 1 is 0.304 bits per heavy atom. The monoisotopic (exact) mass is 624 g/mol. The Kier molecular flexibility index (Phi) is 6.55. The lowest BCUT2D eigenvalue weighted by atomic mass is 10.1. The van der Waals surface area contributed by atoms with Gasteiger partial charge >= 0.3 is 0 Å². The first-order chi connectivity index (χ1) is 22.8. The van der Waals surface area contributed by atoms with Crippen LogP contribution in [0.2, 0.25) is 0 Å². The molecule has 0 atom stereocenters. The van der Waals surface area contributed by atoms with Crippen molar-refractivity contribution in [3.05, 3.63) is 170 Å². The minimum atomic E-state index is 1.14. The van der Waals surface area contributed by atoms with E-state index in [1.165, 1.54) is 46.0 Å². The fraction of sp³-hybridized carbons (Fsp3) is 0. The predicted molar refractivity (Wildman–Crippen MR) is 202 cm³/mol. The number of hydrogen-bond donors (Lipinski definition) is 0. The van der Waals surface area contributed by atoms with E-state index < -0.39 is 0 Å². The third-order valence-corrected chi connectivity index (χ3v) is 11.0. The average molecular weight is 625 g/mol. The van der Waals surface area contributed by atoms with Gasteiger partial charge in [0.05, 0.1) is 10.4 Å². The van der Waals surface area contributed by atoms with Crippen molar-refractivity contribution in [2.45, 2.75) is 0 Å². The molecule has 0 saturated heterocycles. The Bertz CT molecular complexity index is 2440. The summed E-state index contributed by atoms with van der Waals surface area (Å²) in [5, 5.41) is 5.17. The first kappa shape index (κ1) is 26.9. The first-order valence-electron chi connectivity index (χ1n) is 15.4. The van der Waals surface area contributed by atoms with Crippen LogP contribution in [0.3, 0.4) is 0 Å². The molecule has 0 unspecified atom stereocenters. The molecule has 218 valence electrons. The topological polar surface area (TPSA) is 6.48 Å². The molecule has 0 saturated carbocycles. The highest BCUT2D eigenvalue weighted by Crippen LogP contribution is 2.47. The summed E-state index contributed by atoms with van der Waals surface area (Å²) in [6.07, 6.45) is 0. The zero-order valence-corrected chi connectivity index (χ0v) is 26.5. The maximum absolute atomic E-state index is 2.42. The zero-order chi connectivity index (χ0) is 30.5. The lowest BCUT2D eigenvalue weighted by molar-refractivity contribution is 1.29. The van der Waals surface area contributed by atoms with E-state index in [1.54, 1.807) is 0 Å². The van der Waals surface area contributed by atoms with E-state index in [2.05, 4.69) is 180 Å². The molecule has 9 rings (SSSR count). The smallest absolute Gasteiger partial charge is 0.0640 e. The molecule has 7 aromatic carbocycles. The van der Waals surface area contributed by atoms with Gasteiger partial charge < -0.3 is 9.80 Å². The van der Waals surface area contributed by atoms with Gasteiger partial charge in [0.25, 0.3) is 0 Å². The summed E-state index contributed by atoms with van der Waals surface area (Å²) >= 11 is 3.73. The molecule has 0 aliphatic carbocycles. The Hall–Kier alpha value is -5.42. The van der Waals surface area contributed by atoms with Crippen molar-refractivity contribution in [1.29, 1.82) is 0 Å². The van der Waals surface area contributed by atoms with Crippen molar-refractivity contribution in [2.24, 2.45) is 0 Å². The molecule has 0 spiro atoms. The minimum Gasteiger partial charge on any atom is -0.310 e. The Labute approximate surface area is 275 Å². The summed E-state index contributed by atoms with van der Waals surface area (Å²) in [6, 6.07) is 61.2. The molecule has 0 N–H and O–H groups in total. The van der Waals surface area contributed by atoms with Crippen LogP contribution in [0.4, 0.5) is 34.1 Å². The molecule has 9 aromatic rings. The average Bonchev–Trinajstić information content (AvgIpc) is 3.68. The maximum Gasteiger partial charge on any atom is 0.0640 e. The van der Waals surface area contributed by atoms with Crippen molar-refractivity contribution in [1.82, 2.24) is 0 Å². The number of anilines is 6. The second-order valence-corrected chi connectivity index (χ2v) is 13.5. The standard InChI is InChI=1S/C42H28N2S2/c1-4-13-29(14-5-1)43(30-15-6-2-7-16-30)32-24-26-40-37(27-32)36-20-12-21-38(42(36)46-40)44(31-17-8-3-9-18-31)33-23-25-35-34-19-10-11-22-39(34)45-41(35)28-33/h1-28H. The number of nitrogens with zero attached hydrogens (tertiary/aromatic N) is 2. The lowest BCUT2D eigenvalue weighted by Crippen LogP contribution is -2.09. The molecular weight excluding hydrogens is 597 g/mol. The molecule has 0 aliphatic rings. The number of thiophene rings is 2. The molecule has 0 radical (unpaired) electrons. The van der Waals surface area contributed by atoms with Gasteiger partial charge in [-0.25, -0.2) is 0 Å². The molecule has 2 nitrogen and oxygen atoms in total. The van der Waals surface area contributed by atoms with Crippen LogP contribution in [0.15, 0.2) is 170 Å². The quantitative estimate of drug-likeness (QED) is 0.182. The molecule has 4 heteroatoms. The fourth-order valence-electron chi connectivity index (χ4n) is 6.55. The highest BCUT2D eigenvalue weighted by atomic mass is 32.1. The minimum absolute atomic E-state index is 1.14. The van der Waals surface area contributed by atoms with Gasteiger partial charge in [0.2, 0.25) is 0 Å². The van der Waals surface area contributed by atoms with Gasteiger partial charge in [0.15, 0.2) is 0 Å². The van der Waals surface area contributed by atoms with E-state index in [-0.39, 0.29) is 0 Å². The van der Waals surface area contributed by atoms with Gasteiger partial charge in [-0.3, -0.25) is 0 Å². The maximum atomic E-state index is 2.42. The van der Waals surface area contributed by atoms with Gasteiger partial charge in [-0.05, 0) is 78.9 Å². The number of rotatable bonds is 6. The number of para-hydroxylation sites is 3. The van der Waals surface area contributed by atoms with Gasteiger partial charge in [-0.2, -0.15) is 0 Å². The van der Waals surface area contributed by atoms with Crippen LogP contribution in [0.1, 0.15) is 0 Å². The summed E-state index contributed by atoms with van der Waals surface area (Å²) < 4.78 is 5.18. The SMILES string of the molecule is c1ccc(N(c2ccccc2)c2ccc3sc4c(N(c5ccccc5)c5ccc6c(c5)sc5ccccc56)cccc4c3c2)cc1. The highest BCUT2D eigenvalue weighted by molar-refractivity contribution is 7.26. The summed E-state index contributed by atoms with van der Waals surface area (Å²) in [7, 11) is 0. The Morgan fingerprint density at radius 2 is 0.848 bits per heavy atom. The second kappa shape index (κ2) is 11.2. The third-order valence-electron chi connectivity index (χ3n) is 8.62. The summed E-state index contributed by atoms with van der Waals surface area (Å²) in [5.74, 6) is 0. The van der Waals surface area contributed by atoms with Crippen LogP contribution in [0.5, 0.6) is 0 Å². The third kappa shape index (κ3) is 4.54. The van der Waals surface area contributed by atoms with Crippen molar-refractivity contribution in [3.63, 3.8) is 0 Å². The molecule has 0 aliphatic heterocycles. The van der Waals surface area contributed by atoms with Crippen molar-refractivity contribution < 1.29 is 0 Å². The normalized spacial score (nSPS) is 11.5. The highest BCUT2D eigenvalue weighted by Gasteiger charge is 2.20. The second-order valence-electron chi connectivity index (χ2n) is 11.4. The van der Waals surface area contributed by atoms with Gasteiger partial charge in [-0.15, -0.1) is 22.7 Å². The zero-order valence-electron chi connectivity index (χ0n) is 24.9.